The molecule has 0 heterocycles. The number of unbranched alkanes of at least 4 members (excludes halogenated alkanes) is 1. The van der Waals surface area contributed by atoms with Crippen LogP contribution in [0.3, 0.4) is 0 Å². The topological polar surface area (TPSA) is 23.5 Å². The summed E-state index contributed by atoms with van der Waals surface area (Å²) in [5, 5.41) is 7.57. The van der Waals surface area contributed by atoms with Crippen molar-refractivity contribution >= 4 is 11.9 Å². The second-order valence-electron chi connectivity index (χ2n) is 2.37. The molecule has 1 N–H and O–H groups in total. The molecule has 76 valence electrons. The summed E-state index contributed by atoms with van der Waals surface area (Å²) in [6, 6.07) is 0. The molecule has 0 aromatic heterocycles. The Labute approximate surface area is 81.5 Å². The van der Waals surface area contributed by atoms with Crippen molar-refractivity contribution in [2.45, 2.75) is 33.6 Å². The van der Waals surface area contributed by atoms with E-state index in [0.717, 1.165) is 0 Å². The summed E-state index contributed by atoms with van der Waals surface area (Å²) in [6.45, 7) is 8.77. The Bertz CT molecular complexity index is 67.5. The lowest BCUT2D eigenvalue weighted by molar-refractivity contribution is 0.318. The van der Waals surface area contributed by atoms with Gasteiger partial charge in [0.2, 0.25) is 0 Å². The van der Waals surface area contributed by atoms with E-state index < -0.39 is 0 Å². The van der Waals surface area contributed by atoms with E-state index >= 15 is 0 Å². The van der Waals surface area contributed by atoms with Crippen molar-refractivity contribution < 1.29 is 5.11 Å². The second-order valence-corrected chi connectivity index (χ2v) is 3.26. The van der Waals surface area contributed by atoms with Gasteiger partial charge in [0.05, 0.1) is 0 Å². The van der Waals surface area contributed by atoms with Gasteiger partial charge in [0, 0.05) is 19.7 Å². The molecule has 0 aliphatic rings. The predicted octanol–water partition coefficient (Wildman–Crippen LogP) is 2.39. The summed E-state index contributed by atoms with van der Waals surface area (Å²) in [5.41, 5.74) is 0. The minimum absolute atomic E-state index is 0.250. The predicted molar refractivity (Wildman–Crippen MR) is 58.4 cm³/mol. The zero-order valence-corrected chi connectivity index (χ0v) is 9.65. The first-order valence-corrected chi connectivity index (χ1v) is 5.84. The van der Waals surface area contributed by atoms with E-state index in [4.69, 9.17) is 5.11 Å². The molecule has 0 aliphatic heterocycles. The molecule has 0 saturated heterocycles. The highest BCUT2D eigenvalue weighted by atomic mass is 32.2. The highest BCUT2D eigenvalue weighted by Gasteiger charge is 1.95. The van der Waals surface area contributed by atoms with E-state index in [0.29, 0.717) is 0 Å². The fraction of sp³-hybridized carbons (Fsp3) is 1.00. The van der Waals surface area contributed by atoms with E-state index in [-0.39, 0.29) is 6.61 Å². The lowest BCUT2D eigenvalue weighted by Gasteiger charge is -2.15. The number of rotatable bonds is 5. The first-order valence-electron chi connectivity index (χ1n) is 4.66. The van der Waals surface area contributed by atoms with Crippen LogP contribution in [0.4, 0.5) is 0 Å². The maximum absolute atomic E-state index is 7.57. The highest BCUT2D eigenvalue weighted by molar-refractivity contribution is 7.96. The number of nitrogens with zero attached hydrogens (tertiary/aromatic N) is 1. The van der Waals surface area contributed by atoms with Gasteiger partial charge in [0.15, 0.2) is 0 Å². The van der Waals surface area contributed by atoms with Crippen LogP contribution in [-0.2, 0) is 0 Å². The van der Waals surface area contributed by atoms with Crippen LogP contribution in [0, 0.1) is 0 Å². The zero-order chi connectivity index (χ0) is 9.82. The molecule has 0 rings (SSSR count). The average Bonchev–Trinajstić information content (AvgIpc) is 2.08. The Morgan fingerprint density at radius 2 is 1.75 bits per heavy atom. The molecule has 0 aromatic carbocycles. The molecule has 0 atom stereocenters. The molecule has 0 aromatic rings. The van der Waals surface area contributed by atoms with Gasteiger partial charge in [0.1, 0.15) is 0 Å². The third-order valence-electron chi connectivity index (χ3n) is 1.37. The van der Waals surface area contributed by atoms with E-state index in [9.17, 15) is 0 Å². The van der Waals surface area contributed by atoms with Crippen LogP contribution in [-0.4, -0.2) is 35.4 Å². The molecule has 0 spiro atoms. The summed E-state index contributed by atoms with van der Waals surface area (Å²) >= 11 is 1.84. The van der Waals surface area contributed by atoms with Crippen molar-refractivity contribution in [1.82, 2.24) is 4.31 Å². The molecule has 0 aliphatic carbocycles. The molecule has 0 unspecified atom stereocenters. The molecule has 0 radical (unpaired) electrons. The molecule has 12 heavy (non-hydrogen) atoms. The van der Waals surface area contributed by atoms with Crippen LogP contribution in [0.2, 0.25) is 0 Å². The van der Waals surface area contributed by atoms with E-state index in [2.05, 4.69) is 24.4 Å². The summed E-state index contributed by atoms with van der Waals surface area (Å²) < 4.78 is 2.38. The Kier molecular flexibility index (Phi) is 17.0. The standard InChI is InChI=1S/C7H17NS.C2H6O/c1-4-6-7-8(5-2)9-3;1-2-3/h4-7H2,1-3H3;3H,2H2,1H3. The van der Waals surface area contributed by atoms with Crippen LogP contribution >= 0.6 is 11.9 Å². The summed E-state index contributed by atoms with van der Waals surface area (Å²) in [7, 11) is 0. The third-order valence-corrected chi connectivity index (χ3v) is 2.33. The van der Waals surface area contributed by atoms with E-state index in [1.807, 2.05) is 11.9 Å². The fourth-order valence-electron chi connectivity index (χ4n) is 0.713. The average molecular weight is 193 g/mol. The van der Waals surface area contributed by atoms with Gasteiger partial charge < -0.3 is 5.11 Å². The van der Waals surface area contributed by atoms with E-state index in [1.54, 1.807) is 6.92 Å². The van der Waals surface area contributed by atoms with Gasteiger partial charge in [0.25, 0.3) is 0 Å². The van der Waals surface area contributed by atoms with Gasteiger partial charge >= 0.3 is 0 Å². The Morgan fingerprint density at radius 3 is 2.00 bits per heavy atom. The Balaban J connectivity index is 0. The first-order chi connectivity index (χ1) is 5.76. The van der Waals surface area contributed by atoms with Gasteiger partial charge in [-0.15, -0.1) is 0 Å². The monoisotopic (exact) mass is 193 g/mol. The van der Waals surface area contributed by atoms with Crippen molar-refractivity contribution in [3.05, 3.63) is 0 Å². The maximum Gasteiger partial charge on any atom is 0.0402 e. The van der Waals surface area contributed by atoms with Crippen LogP contribution in [0.1, 0.15) is 33.6 Å². The third kappa shape index (κ3) is 12.9. The fourth-order valence-corrected chi connectivity index (χ4v) is 1.28. The quantitative estimate of drug-likeness (QED) is 0.678. The van der Waals surface area contributed by atoms with Crippen molar-refractivity contribution in [2.24, 2.45) is 0 Å². The molecular formula is C9H23NOS. The molecule has 3 heteroatoms. The lowest BCUT2D eigenvalue weighted by atomic mass is 10.3. The largest absolute Gasteiger partial charge is 0.397 e. The maximum atomic E-state index is 7.57. The smallest absolute Gasteiger partial charge is 0.0402 e. The first kappa shape index (κ1) is 14.8. The number of hydrogen-bond donors (Lipinski definition) is 1. The van der Waals surface area contributed by atoms with Gasteiger partial charge in [-0.3, -0.25) is 4.31 Å². The van der Waals surface area contributed by atoms with Gasteiger partial charge in [-0.1, -0.05) is 32.2 Å². The van der Waals surface area contributed by atoms with Gasteiger partial charge in [-0.25, -0.2) is 0 Å². The van der Waals surface area contributed by atoms with Crippen molar-refractivity contribution in [1.29, 1.82) is 0 Å². The number of hydrogen-bond acceptors (Lipinski definition) is 3. The Morgan fingerprint density at radius 1 is 1.25 bits per heavy atom. The molecule has 0 bridgehead atoms. The van der Waals surface area contributed by atoms with Crippen molar-refractivity contribution in [3.63, 3.8) is 0 Å². The van der Waals surface area contributed by atoms with Crippen LogP contribution in [0.25, 0.3) is 0 Å². The van der Waals surface area contributed by atoms with Crippen LogP contribution < -0.4 is 0 Å². The number of aliphatic hydroxyl groups excluding tert-OH is 1. The molecule has 0 fully saturated rings. The SMILES string of the molecule is CCCCN(CC)SC.CCO. The van der Waals surface area contributed by atoms with E-state index in [1.165, 1.54) is 25.9 Å². The summed E-state index contributed by atoms with van der Waals surface area (Å²) in [4.78, 5) is 0. The second kappa shape index (κ2) is 13.8. The zero-order valence-electron chi connectivity index (χ0n) is 8.84. The molecular weight excluding hydrogens is 170 g/mol. The normalized spacial score (nSPS) is 9.50. The van der Waals surface area contributed by atoms with Crippen LogP contribution in [0.5, 0.6) is 0 Å². The molecule has 0 saturated carbocycles. The summed E-state index contributed by atoms with van der Waals surface area (Å²) in [5.74, 6) is 0. The highest BCUT2D eigenvalue weighted by Crippen LogP contribution is 2.05. The van der Waals surface area contributed by atoms with Crippen LogP contribution in [0.15, 0.2) is 0 Å². The molecule has 0 amide bonds. The summed E-state index contributed by atoms with van der Waals surface area (Å²) in [6.07, 6.45) is 4.77. The van der Waals surface area contributed by atoms with Crippen molar-refractivity contribution in [2.75, 3.05) is 26.0 Å². The number of aliphatic hydroxyl groups is 1. The lowest BCUT2D eigenvalue weighted by Crippen LogP contribution is -2.15. The van der Waals surface area contributed by atoms with Gasteiger partial charge in [-0.05, 0) is 19.6 Å². The van der Waals surface area contributed by atoms with Crippen molar-refractivity contribution in [3.8, 4) is 0 Å². The Hall–Kier alpha value is 0.270. The minimum atomic E-state index is 0.250. The molecule has 2 nitrogen and oxygen atoms in total. The minimum Gasteiger partial charge on any atom is -0.397 e. The van der Waals surface area contributed by atoms with Gasteiger partial charge in [-0.2, -0.15) is 0 Å².